The van der Waals surface area contributed by atoms with Crippen LogP contribution in [-0.2, 0) is 0 Å². The molecule has 2 atom stereocenters. The fraction of sp³-hybridized carbons (Fsp3) is 0.571. The van der Waals surface area contributed by atoms with Crippen LogP contribution in [0.5, 0.6) is 0 Å². The molecule has 0 fully saturated rings. The third-order valence-electron chi connectivity index (χ3n) is 3.15. The van der Waals surface area contributed by atoms with Gasteiger partial charge in [0.1, 0.15) is 0 Å². The summed E-state index contributed by atoms with van der Waals surface area (Å²) in [7, 11) is 0. The molecule has 1 rings (SSSR count). The van der Waals surface area contributed by atoms with E-state index < -0.39 is 0 Å². The fourth-order valence-electron chi connectivity index (χ4n) is 1.90. The summed E-state index contributed by atoms with van der Waals surface area (Å²) >= 11 is 0. The third kappa shape index (κ3) is 2.51. The van der Waals surface area contributed by atoms with Gasteiger partial charge in [-0.25, -0.2) is 0 Å². The van der Waals surface area contributed by atoms with Gasteiger partial charge >= 0.3 is 0 Å². The highest BCUT2D eigenvalue weighted by Gasteiger charge is 2.22. The Morgan fingerprint density at radius 1 is 1.43 bits per heavy atom. The minimum absolute atomic E-state index is 0.621. The molecule has 0 amide bonds. The molecule has 0 radical (unpaired) electrons. The zero-order valence-corrected chi connectivity index (χ0v) is 9.78. The van der Waals surface area contributed by atoms with Crippen LogP contribution in [0, 0.1) is 23.7 Å². The van der Waals surface area contributed by atoms with Gasteiger partial charge in [-0.05, 0) is 44.1 Å². The van der Waals surface area contributed by atoms with Crippen LogP contribution in [0.2, 0.25) is 0 Å². The molecule has 0 saturated carbocycles. The van der Waals surface area contributed by atoms with Gasteiger partial charge in [-0.1, -0.05) is 37.8 Å². The van der Waals surface area contributed by atoms with Gasteiger partial charge in [-0.2, -0.15) is 0 Å². The first-order chi connectivity index (χ1) is 6.52. The summed E-state index contributed by atoms with van der Waals surface area (Å²) in [6.45, 7) is 12.6. The summed E-state index contributed by atoms with van der Waals surface area (Å²) in [5.74, 6) is 7.77. The highest BCUT2D eigenvalue weighted by Crippen LogP contribution is 2.33. The molecule has 0 N–H and O–H groups in total. The second-order valence-corrected chi connectivity index (χ2v) is 4.53. The molecule has 76 valence electrons. The zero-order valence-electron chi connectivity index (χ0n) is 9.78. The molecule has 0 aromatic carbocycles. The molecule has 2 unspecified atom stereocenters. The predicted octanol–water partition coefficient (Wildman–Crippen LogP) is 3.95. The summed E-state index contributed by atoms with van der Waals surface area (Å²) in [5.41, 5.74) is 3.78. The fourth-order valence-corrected chi connectivity index (χ4v) is 1.90. The van der Waals surface area contributed by atoms with Crippen molar-refractivity contribution in [1.29, 1.82) is 0 Å². The number of rotatable bonds is 0. The van der Waals surface area contributed by atoms with Crippen molar-refractivity contribution in [3.8, 4) is 11.8 Å². The van der Waals surface area contributed by atoms with Crippen LogP contribution >= 0.6 is 0 Å². The van der Waals surface area contributed by atoms with E-state index in [9.17, 15) is 0 Å². The van der Waals surface area contributed by atoms with Gasteiger partial charge in [0.15, 0.2) is 0 Å². The van der Waals surface area contributed by atoms with Crippen molar-refractivity contribution in [2.75, 3.05) is 0 Å². The average Bonchev–Trinajstić information content (AvgIpc) is 2.11. The van der Waals surface area contributed by atoms with Crippen LogP contribution in [0.1, 0.15) is 40.5 Å². The van der Waals surface area contributed by atoms with Crippen molar-refractivity contribution in [2.45, 2.75) is 40.5 Å². The quantitative estimate of drug-likeness (QED) is 0.505. The molecule has 0 bridgehead atoms. The van der Waals surface area contributed by atoms with Crippen molar-refractivity contribution >= 4 is 0 Å². The molecule has 0 nitrogen and oxygen atoms in total. The first-order valence-corrected chi connectivity index (χ1v) is 5.39. The van der Waals surface area contributed by atoms with E-state index in [2.05, 4.69) is 39.2 Å². The monoisotopic (exact) mass is 188 g/mol. The van der Waals surface area contributed by atoms with Gasteiger partial charge in [0, 0.05) is 5.57 Å². The molecular weight excluding hydrogens is 168 g/mol. The lowest BCUT2D eigenvalue weighted by atomic mass is 9.77. The number of hydrogen-bond acceptors (Lipinski definition) is 0. The summed E-state index contributed by atoms with van der Waals surface area (Å²) in [4.78, 5) is 0. The van der Waals surface area contributed by atoms with E-state index in [0.717, 1.165) is 11.5 Å². The van der Waals surface area contributed by atoms with E-state index in [4.69, 9.17) is 0 Å². The van der Waals surface area contributed by atoms with Crippen molar-refractivity contribution in [3.05, 3.63) is 23.3 Å². The molecule has 0 heteroatoms. The minimum Gasteiger partial charge on any atom is -0.0877 e. The first kappa shape index (κ1) is 11.1. The first-order valence-electron chi connectivity index (χ1n) is 5.39. The Morgan fingerprint density at radius 2 is 2.07 bits per heavy atom. The largest absolute Gasteiger partial charge is 0.0877 e. The van der Waals surface area contributed by atoms with Crippen molar-refractivity contribution in [1.82, 2.24) is 0 Å². The van der Waals surface area contributed by atoms with Crippen LogP contribution < -0.4 is 0 Å². The molecule has 1 aliphatic carbocycles. The Kier molecular flexibility index (Phi) is 3.58. The summed E-state index contributed by atoms with van der Waals surface area (Å²) in [6, 6.07) is 0. The molecule has 0 saturated heterocycles. The van der Waals surface area contributed by atoms with Gasteiger partial charge in [-0.15, -0.1) is 0 Å². The van der Waals surface area contributed by atoms with Gasteiger partial charge in [0.25, 0.3) is 0 Å². The topological polar surface area (TPSA) is 0 Å². The van der Waals surface area contributed by atoms with E-state index in [0.29, 0.717) is 5.92 Å². The molecule has 14 heavy (non-hydrogen) atoms. The van der Waals surface area contributed by atoms with E-state index in [1.54, 1.807) is 0 Å². The highest BCUT2D eigenvalue weighted by molar-refractivity contribution is 5.41. The third-order valence-corrected chi connectivity index (χ3v) is 3.15. The maximum atomic E-state index is 3.81. The van der Waals surface area contributed by atoms with Crippen LogP contribution in [0.3, 0.4) is 0 Å². The van der Waals surface area contributed by atoms with Gasteiger partial charge in [-0.3, -0.25) is 0 Å². The van der Waals surface area contributed by atoms with Crippen molar-refractivity contribution in [2.24, 2.45) is 11.8 Å². The van der Waals surface area contributed by atoms with E-state index in [-0.39, 0.29) is 0 Å². The van der Waals surface area contributed by atoms with E-state index in [1.807, 2.05) is 6.92 Å². The van der Waals surface area contributed by atoms with E-state index in [1.165, 1.54) is 24.0 Å². The normalized spacial score (nSPS) is 26.9. The Bertz CT molecular complexity index is 320. The number of hydrogen-bond donors (Lipinski definition) is 0. The Balaban J connectivity index is 2.94. The summed E-state index contributed by atoms with van der Waals surface area (Å²) in [6.07, 6.45) is 2.52. The Labute approximate surface area is 88.1 Å². The predicted molar refractivity (Wildman–Crippen MR) is 62.9 cm³/mol. The molecule has 0 aromatic rings. The summed E-state index contributed by atoms with van der Waals surface area (Å²) < 4.78 is 0. The Hall–Kier alpha value is -0.960. The second kappa shape index (κ2) is 4.51. The number of allylic oxidation sites excluding steroid dienone is 3. The standard InChI is InChI=1S/C14H20/c1-10(2)6-9-14-12(4)8-7-11(3)13(14)5/h11,13H,1,7-8H2,2-5H3. The van der Waals surface area contributed by atoms with Crippen molar-refractivity contribution in [3.63, 3.8) is 0 Å². The Morgan fingerprint density at radius 3 is 2.64 bits per heavy atom. The lowest BCUT2D eigenvalue weighted by molar-refractivity contribution is 0.392. The smallest absolute Gasteiger partial charge is 0.00440 e. The molecule has 0 heterocycles. The van der Waals surface area contributed by atoms with Crippen LogP contribution in [0.4, 0.5) is 0 Å². The van der Waals surface area contributed by atoms with Gasteiger partial charge < -0.3 is 0 Å². The lowest BCUT2D eigenvalue weighted by Gasteiger charge is -2.27. The second-order valence-electron chi connectivity index (χ2n) is 4.53. The highest BCUT2D eigenvalue weighted by atomic mass is 14.3. The van der Waals surface area contributed by atoms with Crippen LogP contribution in [0.15, 0.2) is 23.3 Å². The molecular formula is C14H20. The van der Waals surface area contributed by atoms with Gasteiger partial charge in [0.05, 0.1) is 0 Å². The summed E-state index contributed by atoms with van der Waals surface area (Å²) in [5, 5.41) is 0. The average molecular weight is 188 g/mol. The molecule has 0 aromatic heterocycles. The molecule has 1 aliphatic rings. The molecule has 0 aliphatic heterocycles. The van der Waals surface area contributed by atoms with Crippen LogP contribution in [0.25, 0.3) is 0 Å². The van der Waals surface area contributed by atoms with Crippen molar-refractivity contribution < 1.29 is 0 Å². The maximum absolute atomic E-state index is 3.81. The zero-order chi connectivity index (χ0) is 10.7. The maximum Gasteiger partial charge on any atom is 0.00440 e. The van der Waals surface area contributed by atoms with Crippen LogP contribution in [-0.4, -0.2) is 0 Å². The molecule has 0 spiro atoms. The van der Waals surface area contributed by atoms with E-state index >= 15 is 0 Å². The minimum atomic E-state index is 0.621. The SMILES string of the molecule is C=C(C)C#CC1=C(C)CCC(C)C1C. The van der Waals surface area contributed by atoms with Gasteiger partial charge in [0.2, 0.25) is 0 Å². The lowest BCUT2D eigenvalue weighted by Crippen LogP contribution is -2.16.